The number of pyridine rings is 1. The van der Waals surface area contributed by atoms with E-state index in [0.717, 1.165) is 38.0 Å². The normalized spacial score (nSPS) is 21.4. The van der Waals surface area contributed by atoms with Gasteiger partial charge in [0.2, 0.25) is 0 Å². The van der Waals surface area contributed by atoms with Crippen LogP contribution in [0.5, 0.6) is 0 Å². The van der Waals surface area contributed by atoms with Gasteiger partial charge in [0, 0.05) is 31.1 Å². The van der Waals surface area contributed by atoms with Crippen LogP contribution >= 0.6 is 0 Å². The van der Waals surface area contributed by atoms with E-state index in [1.807, 2.05) is 12.1 Å². The highest BCUT2D eigenvalue weighted by Gasteiger charge is 2.23. The standard InChI is InChI=1S/C13H21N3O2S/c1-19(17,18)10-11-4-3-7-16(8-11)9-12-5-2-6-15-13(12)14/h2,5-6,11H,3-4,7-10H2,1H3,(H2,14,15)/t11-/m1/s1. The number of anilines is 1. The zero-order valence-corrected chi connectivity index (χ0v) is 12.1. The van der Waals surface area contributed by atoms with E-state index in [0.29, 0.717) is 5.82 Å². The molecule has 0 amide bonds. The third-order valence-electron chi connectivity index (χ3n) is 3.46. The number of nitrogens with zero attached hydrogens (tertiary/aromatic N) is 2. The van der Waals surface area contributed by atoms with Gasteiger partial charge in [0.1, 0.15) is 15.7 Å². The molecule has 2 heterocycles. The van der Waals surface area contributed by atoms with Crippen LogP contribution in [0.25, 0.3) is 0 Å². The molecule has 0 saturated carbocycles. The maximum Gasteiger partial charge on any atom is 0.147 e. The van der Waals surface area contributed by atoms with Crippen molar-refractivity contribution in [3.8, 4) is 0 Å². The van der Waals surface area contributed by atoms with Gasteiger partial charge in [-0.1, -0.05) is 6.07 Å². The van der Waals surface area contributed by atoms with Gasteiger partial charge >= 0.3 is 0 Å². The SMILES string of the molecule is CS(=O)(=O)C[C@@H]1CCCN(Cc2cccnc2N)C1. The van der Waals surface area contributed by atoms with Crippen LogP contribution in [0.3, 0.4) is 0 Å². The molecule has 6 heteroatoms. The largest absolute Gasteiger partial charge is 0.383 e. The van der Waals surface area contributed by atoms with Gasteiger partial charge in [-0.25, -0.2) is 13.4 Å². The predicted molar refractivity (Wildman–Crippen MR) is 76.4 cm³/mol. The average molecular weight is 283 g/mol. The summed E-state index contributed by atoms with van der Waals surface area (Å²) in [5.74, 6) is 1.08. The van der Waals surface area contributed by atoms with Crippen molar-refractivity contribution in [1.82, 2.24) is 9.88 Å². The second-order valence-corrected chi connectivity index (χ2v) is 7.57. The van der Waals surface area contributed by atoms with Gasteiger partial charge < -0.3 is 5.73 Å². The molecule has 1 saturated heterocycles. The minimum atomic E-state index is -2.89. The molecule has 1 fully saturated rings. The fraction of sp³-hybridized carbons (Fsp3) is 0.615. The lowest BCUT2D eigenvalue weighted by atomic mass is 9.99. The number of nitrogen functional groups attached to an aromatic ring is 1. The first-order valence-electron chi connectivity index (χ1n) is 6.53. The highest BCUT2D eigenvalue weighted by Crippen LogP contribution is 2.21. The Hall–Kier alpha value is -1.14. The van der Waals surface area contributed by atoms with Crippen LogP contribution in [-0.4, -0.2) is 43.4 Å². The molecule has 5 nitrogen and oxygen atoms in total. The number of likely N-dealkylation sites (tertiary alicyclic amines) is 1. The molecule has 1 aromatic heterocycles. The molecule has 0 spiro atoms. The molecular formula is C13H21N3O2S. The maximum atomic E-state index is 11.4. The number of sulfone groups is 1. The van der Waals surface area contributed by atoms with E-state index >= 15 is 0 Å². The molecule has 2 N–H and O–H groups in total. The molecule has 0 aromatic carbocycles. The lowest BCUT2D eigenvalue weighted by Crippen LogP contribution is -2.37. The fourth-order valence-corrected chi connectivity index (χ4v) is 3.81. The average Bonchev–Trinajstić information content (AvgIpc) is 2.30. The lowest BCUT2D eigenvalue weighted by molar-refractivity contribution is 0.178. The van der Waals surface area contributed by atoms with Crippen molar-refractivity contribution in [2.75, 3.05) is 30.8 Å². The number of rotatable bonds is 4. The van der Waals surface area contributed by atoms with E-state index in [1.165, 1.54) is 6.26 Å². The Bertz CT molecular complexity index is 530. The summed E-state index contributed by atoms with van der Waals surface area (Å²) in [5.41, 5.74) is 6.86. The molecule has 0 radical (unpaired) electrons. The quantitative estimate of drug-likeness (QED) is 0.889. The second kappa shape index (κ2) is 5.88. The molecule has 0 unspecified atom stereocenters. The third-order valence-corrected chi connectivity index (χ3v) is 4.54. The molecule has 1 aliphatic heterocycles. The van der Waals surface area contributed by atoms with Gasteiger partial charge in [-0.3, -0.25) is 4.90 Å². The van der Waals surface area contributed by atoms with Gasteiger partial charge in [0.15, 0.2) is 0 Å². The summed E-state index contributed by atoms with van der Waals surface area (Å²) < 4.78 is 22.7. The van der Waals surface area contributed by atoms with Crippen molar-refractivity contribution in [3.63, 3.8) is 0 Å². The van der Waals surface area contributed by atoms with Gasteiger partial charge in [-0.05, 0) is 31.4 Å². The van der Waals surface area contributed by atoms with Gasteiger partial charge in [0.25, 0.3) is 0 Å². The van der Waals surface area contributed by atoms with Crippen molar-refractivity contribution in [2.24, 2.45) is 5.92 Å². The Labute approximate surface area is 114 Å². The number of hydrogen-bond donors (Lipinski definition) is 1. The molecule has 106 valence electrons. The predicted octanol–water partition coefficient (Wildman–Crippen LogP) is 0.920. The zero-order chi connectivity index (χ0) is 13.9. The van der Waals surface area contributed by atoms with Crippen LogP contribution < -0.4 is 5.73 Å². The molecule has 19 heavy (non-hydrogen) atoms. The number of aromatic nitrogens is 1. The van der Waals surface area contributed by atoms with Crippen LogP contribution in [0, 0.1) is 5.92 Å². The summed E-state index contributed by atoms with van der Waals surface area (Å²) in [5, 5.41) is 0. The summed E-state index contributed by atoms with van der Waals surface area (Å²) in [7, 11) is -2.89. The van der Waals surface area contributed by atoms with E-state index in [2.05, 4.69) is 9.88 Å². The highest BCUT2D eigenvalue weighted by molar-refractivity contribution is 7.90. The first kappa shape index (κ1) is 14.3. The van der Waals surface area contributed by atoms with Crippen molar-refractivity contribution < 1.29 is 8.42 Å². The van der Waals surface area contributed by atoms with Crippen molar-refractivity contribution in [1.29, 1.82) is 0 Å². The van der Waals surface area contributed by atoms with E-state index in [-0.39, 0.29) is 11.7 Å². The Balaban J connectivity index is 1.96. The minimum Gasteiger partial charge on any atom is -0.383 e. The summed E-state index contributed by atoms with van der Waals surface area (Å²) in [6.07, 6.45) is 5.03. The molecule has 2 rings (SSSR count). The summed E-state index contributed by atoms with van der Waals surface area (Å²) in [6, 6.07) is 3.85. The highest BCUT2D eigenvalue weighted by atomic mass is 32.2. The Morgan fingerprint density at radius 2 is 2.32 bits per heavy atom. The van der Waals surface area contributed by atoms with E-state index < -0.39 is 9.84 Å². The first-order chi connectivity index (χ1) is 8.94. The maximum absolute atomic E-state index is 11.4. The number of nitrogens with two attached hydrogens (primary N) is 1. The Morgan fingerprint density at radius 1 is 1.53 bits per heavy atom. The van der Waals surface area contributed by atoms with Crippen LogP contribution in [0.4, 0.5) is 5.82 Å². The van der Waals surface area contributed by atoms with Gasteiger partial charge in [-0.2, -0.15) is 0 Å². The van der Waals surface area contributed by atoms with Crippen LogP contribution in [0.2, 0.25) is 0 Å². The Kier molecular flexibility index (Phi) is 4.42. The second-order valence-electron chi connectivity index (χ2n) is 5.38. The van der Waals surface area contributed by atoms with Gasteiger partial charge in [0.05, 0.1) is 5.75 Å². The molecule has 1 atom stereocenters. The molecule has 1 aliphatic rings. The molecular weight excluding hydrogens is 262 g/mol. The van der Waals surface area contributed by atoms with E-state index in [9.17, 15) is 8.42 Å². The lowest BCUT2D eigenvalue weighted by Gasteiger charge is -2.32. The van der Waals surface area contributed by atoms with Crippen LogP contribution in [0.1, 0.15) is 18.4 Å². The van der Waals surface area contributed by atoms with Crippen molar-refractivity contribution in [3.05, 3.63) is 23.9 Å². The fourth-order valence-electron chi connectivity index (χ4n) is 2.68. The first-order valence-corrected chi connectivity index (χ1v) is 8.59. The van der Waals surface area contributed by atoms with E-state index in [4.69, 9.17) is 5.73 Å². The monoisotopic (exact) mass is 283 g/mol. The summed E-state index contributed by atoms with van der Waals surface area (Å²) in [4.78, 5) is 6.35. The van der Waals surface area contributed by atoms with Gasteiger partial charge in [-0.15, -0.1) is 0 Å². The third kappa shape index (κ3) is 4.47. The molecule has 1 aromatic rings. The van der Waals surface area contributed by atoms with Crippen LogP contribution in [0.15, 0.2) is 18.3 Å². The summed E-state index contributed by atoms with van der Waals surface area (Å²) in [6.45, 7) is 2.57. The molecule has 0 aliphatic carbocycles. The topological polar surface area (TPSA) is 76.3 Å². The smallest absolute Gasteiger partial charge is 0.147 e. The Morgan fingerprint density at radius 3 is 3.00 bits per heavy atom. The van der Waals surface area contributed by atoms with Crippen molar-refractivity contribution in [2.45, 2.75) is 19.4 Å². The number of hydrogen-bond acceptors (Lipinski definition) is 5. The minimum absolute atomic E-state index is 0.238. The number of piperidine rings is 1. The molecule has 0 bridgehead atoms. The van der Waals surface area contributed by atoms with E-state index in [1.54, 1.807) is 6.20 Å². The van der Waals surface area contributed by atoms with Crippen LogP contribution in [-0.2, 0) is 16.4 Å². The zero-order valence-electron chi connectivity index (χ0n) is 11.2. The van der Waals surface area contributed by atoms with Crippen molar-refractivity contribution >= 4 is 15.7 Å². The summed E-state index contributed by atoms with van der Waals surface area (Å²) >= 11 is 0.